The standard InChI is InChI=1S/C35H26N2O8/c1-16-9-20(10-17(2)28(16)36-30(38)22-5-7-24-26(14-22)34(42)44-32(24)40)13-21-11-18(3)29(19(4)12-21)37-31(39)23-6-8-25-27(15-23)35(43)45-33(25)41/h5-12,14-15H,13H2,1-4H3,(H,36,38)(H,37,39). The molecule has 2 aliphatic heterocycles. The van der Waals surface area contributed by atoms with Crippen molar-refractivity contribution in [3.8, 4) is 0 Å². The molecule has 0 saturated heterocycles. The molecular weight excluding hydrogens is 576 g/mol. The van der Waals surface area contributed by atoms with Crippen molar-refractivity contribution in [1.29, 1.82) is 0 Å². The summed E-state index contributed by atoms with van der Waals surface area (Å²) < 4.78 is 9.22. The van der Waals surface area contributed by atoms with Crippen molar-refractivity contribution >= 4 is 47.1 Å². The number of nitrogens with one attached hydrogen (secondary N) is 2. The van der Waals surface area contributed by atoms with Crippen LogP contribution in [0.2, 0.25) is 0 Å². The third-order valence-corrected chi connectivity index (χ3v) is 7.88. The first-order valence-electron chi connectivity index (χ1n) is 14.0. The van der Waals surface area contributed by atoms with Crippen LogP contribution in [-0.4, -0.2) is 35.7 Å². The smallest absolute Gasteiger partial charge is 0.346 e. The molecule has 0 saturated carbocycles. The monoisotopic (exact) mass is 602 g/mol. The molecule has 0 unspecified atom stereocenters. The summed E-state index contributed by atoms with van der Waals surface area (Å²) >= 11 is 0. The van der Waals surface area contributed by atoms with Gasteiger partial charge in [0.25, 0.3) is 11.8 Å². The van der Waals surface area contributed by atoms with Crippen molar-refractivity contribution in [2.45, 2.75) is 34.1 Å². The van der Waals surface area contributed by atoms with E-state index in [-0.39, 0.29) is 33.4 Å². The molecule has 2 aliphatic rings. The third-order valence-electron chi connectivity index (χ3n) is 7.88. The van der Waals surface area contributed by atoms with Gasteiger partial charge in [0.1, 0.15) is 0 Å². The predicted octanol–water partition coefficient (Wildman–Crippen LogP) is 5.64. The molecule has 0 radical (unpaired) electrons. The molecule has 0 bridgehead atoms. The van der Waals surface area contributed by atoms with Gasteiger partial charge >= 0.3 is 23.9 Å². The van der Waals surface area contributed by atoms with Gasteiger partial charge in [0.15, 0.2) is 0 Å². The van der Waals surface area contributed by atoms with Gasteiger partial charge in [-0.3, -0.25) is 9.59 Å². The fourth-order valence-corrected chi connectivity index (χ4v) is 5.76. The molecule has 4 aromatic carbocycles. The number of amides is 2. The maximum absolute atomic E-state index is 13.0. The molecule has 45 heavy (non-hydrogen) atoms. The summed E-state index contributed by atoms with van der Waals surface area (Å²) in [5, 5.41) is 5.84. The van der Waals surface area contributed by atoms with Crippen LogP contribution < -0.4 is 10.6 Å². The van der Waals surface area contributed by atoms with Crippen LogP contribution >= 0.6 is 0 Å². The fraction of sp³-hybridized carbons (Fsp3) is 0.143. The Balaban J connectivity index is 1.16. The Kier molecular flexibility index (Phi) is 7.12. The van der Waals surface area contributed by atoms with Crippen molar-refractivity contribution < 1.29 is 38.2 Å². The average Bonchev–Trinajstić information content (AvgIpc) is 3.44. The molecule has 10 heteroatoms. The van der Waals surface area contributed by atoms with Gasteiger partial charge < -0.3 is 20.1 Å². The second-order valence-corrected chi connectivity index (χ2v) is 11.2. The van der Waals surface area contributed by atoms with E-state index in [1.165, 1.54) is 36.4 Å². The SMILES string of the molecule is Cc1cc(Cc2cc(C)c(NC(=O)c3ccc4c(c3)C(=O)OC4=O)c(C)c2)cc(C)c1NC(=O)c1ccc2c(c1)C(=O)OC2=O. The van der Waals surface area contributed by atoms with E-state index in [0.29, 0.717) is 17.8 Å². The van der Waals surface area contributed by atoms with Crippen LogP contribution in [0.15, 0.2) is 60.7 Å². The summed E-state index contributed by atoms with van der Waals surface area (Å²) in [6.07, 6.45) is 0.605. The fourth-order valence-electron chi connectivity index (χ4n) is 5.76. The quantitative estimate of drug-likeness (QED) is 0.213. The number of rotatable bonds is 6. The minimum atomic E-state index is -0.770. The number of carbonyl (C=O) groups is 6. The van der Waals surface area contributed by atoms with Gasteiger partial charge in [0, 0.05) is 22.5 Å². The first-order valence-corrected chi connectivity index (χ1v) is 14.0. The Labute approximate surface area is 257 Å². The topological polar surface area (TPSA) is 145 Å². The Morgan fingerprint density at radius 3 is 1.20 bits per heavy atom. The number of ether oxygens (including phenoxy) is 2. The van der Waals surface area contributed by atoms with Gasteiger partial charge in [-0.25, -0.2) is 19.2 Å². The van der Waals surface area contributed by atoms with Gasteiger partial charge in [-0.2, -0.15) is 0 Å². The van der Waals surface area contributed by atoms with Gasteiger partial charge in [-0.15, -0.1) is 0 Å². The third kappa shape index (κ3) is 5.38. The summed E-state index contributed by atoms with van der Waals surface area (Å²) in [6.45, 7) is 7.59. The molecule has 0 atom stereocenters. The number of aryl methyl sites for hydroxylation is 4. The van der Waals surface area contributed by atoms with E-state index in [9.17, 15) is 28.8 Å². The Hall–Kier alpha value is -5.90. The van der Waals surface area contributed by atoms with Crippen LogP contribution in [-0.2, 0) is 15.9 Å². The lowest BCUT2D eigenvalue weighted by Crippen LogP contribution is -2.15. The second-order valence-electron chi connectivity index (χ2n) is 11.2. The molecule has 6 rings (SSSR count). The molecule has 4 aromatic rings. The lowest BCUT2D eigenvalue weighted by Gasteiger charge is -2.16. The maximum atomic E-state index is 13.0. The van der Waals surface area contributed by atoms with Crippen LogP contribution in [0.1, 0.15) is 95.5 Å². The van der Waals surface area contributed by atoms with Gasteiger partial charge in [-0.05, 0) is 104 Å². The second kappa shape index (κ2) is 11.0. The van der Waals surface area contributed by atoms with Crippen molar-refractivity contribution in [3.05, 3.63) is 127 Å². The highest BCUT2D eigenvalue weighted by atomic mass is 16.6. The zero-order valence-corrected chi connectivity index (χ0v) is 24.7. The van der Waals surface area contributed by atoms with E-state index in [4.69, 9.17) is 0 Å². The molecule has 2 amide bonds. The number of hydrogen-bond donors (Lipinski definition) is 2. The molecular formula is C35H26N2O8. The summed E-state index contributed by atoms with van der Waals surface area (Å²) in [5.41, 5.74) is 7.64. The molecule has 0 spiro atoms. The van der Waals surface area contributed by atoms with Gasteiger partial charge in [-0.1, -0.05) is 24.3 Å². The number of esters is 4. The minimum Gasteiger partial charge on any atom is -0.386 e. The van der Waals surface area contributed by atoms with Crippen LogP contribution in [0.4, 0.5) is 11.4 Å². The van der Waals surface area contributed by atoms with Crippen LogP contribution in [0.3, 0.4) is 0 Å². The predicted molar refractivity (Wildman–Crippen MR) is 163 cm³/mol. The van der Waals surface area contributed by atoms with E-state index in [1.54, 1.807) is 0 Å². The summed E-state index contributed by atoms with van der Waals surface area (Å²) in [5.74, 6) is -3.82. The van der Waals surface area contributed by atoms with Gasteiger partial charge in [0.2, 0.25) is 0 Å². The van der Waals surface area contributed by atoms with Crippen LogP contribution in [0, 0.1) is 27.7 Å². The molecule has 224 valence electrons. The summed E-state index contributed by atoms with van der Waals surface area (Å²) in [4.78, 5) is 73.3. The molecule has 2 heterocycles. The molecule has 0 fully saturated rings. The van der Waals surface area contributed by atoms with E-state index in [1.807, 2.05) is 52.0 Å². The van der Waals surface area contributed by atoms with Crippen molar-refractivity contribution in [2.24, 2.45) is 0 Å². The van der Waals surface area contributed by atoms with Crippen LogP contribution in [0.5, 0.6) is 0 Å². The first-order chi connectivity index (χ1) is 21.4. The minimum absolute atomic E-state index is 0.0696. The highest BCUT2D eigenvalue weighted by Crippen LogP contribution is 2.29. The Morgan fingerprint density at radius 1 is 0.511 bits per heavy atom. The lowest BCUT2D eigenvalue weighted by molar-refractivity contribution is 0.0425. The zero-order chi connectivity index (χ0) is 32.2. The summed E-state index contributed by atoms with van der Waals surface area (Å²) in [6, 6.07) is 16.5. The van der Waals surface area contributed by atoms with Crippen molar-refractivity contribution in [3.63, 3.8) is 0 Å². The molecule has 0 aliphatic carbocycles. The number of carbonyl (C=O) groups excluding carboxylic acids is 6. The molecule has 0 aromatic heterocycles. The lowest BCUT2D eigenvalue weighted by atomic mass is 9.95. The van der Waals surface area contributed by atoms with E-state index in [0.717, 1.165) is 33.4 Å². The normalized spacial score (nSPS) is 13.2. The highest BCUT2D eigenvalue weighted by molar-refractivity contribution is 6.17. The summed E-state index contributed by atoms with van der Waals surface area (Å²) in [7, 11) is 0. The van der Waals surface area contributed by atoms with E-state index >= 15 is 0 Å². The molecule has 2 N–H and O–H groups in total. The zero-order valence-electron chi connectivity index (χ0n) is 24.7. The molecule has 10 nitrogen and oxygen atoms in total. The number of fused-ring (bicyclic) bond motifs is 2. The largest absolute Gasteiger partial charge is 0.386 e. The number of cyclic esters (lactones) is 4. The van der Waals surface area contributed by atoms with E-state index in [2.05, 4.69) is 20.1 Å². The number of anilines is 2. The maximum Gasteiger partial charge on any atom is 0.346 e. The Morgan fingerprint density at radius 2 is 0.844 bits per heavy atom. The Bertz CT molecular complexity index is 1850. The number of hydrogen-bond acceptors (Lipinski definition) is 8. The van der Waals surface area contributed by atoms with E-state index < -0.39 is 35.7 Å². The first kappa shape index (κ1) is 29.2. The number of benzene rings is 4. The van der Waals surface area contributed by atoms with Gasteiger partial charge in [0.05, 0.1) is 22.3 Å². The van der Waals surface area contributed by atoms with Crippen molar-refractivity contribution in [1.82, 2.24) is 0 Å². The highest BCUT2D eigenvalue weighted by Gasteiger charge is 2.31. The average molecular weight is 603 g/mol. The van der Waals surface area contributed by atoms with Crippen LogP contribution in [0.25, 0.3) is 0 Å². The van der Waals surface area contributed by atoms with Crippen molar-refractivity contribution in [2.75, 3.05) is 10.6 Å².